The topological polar surface area (TPSA) is 49.4 Å². The van der Waals surface area contributed by atoms with Crippen molar-refractivity contribution in [1.82, 2.24) is 5.32 Å². The minimum absolute atomic E-state index is 0.00492. The minimum Gasteiger partial charge on any atom is -0.340 e. The van der Waals surface area contributed by atoms with E-state index in [0.29, 0.717) is 12.1 Å². The van der Waals surface area contributed by atoms with Crippen molar-refractivity contribution in [2.75, 3.05) is 11.4 Å². The Morgan fingerprint density at radius 2 is 1.73 bits per heavy atom. The van der Waals surface area contributed by atoms with Crippen LogP contribution in [0.3, 0.4) is 0 Å². The van der Waals surface area contributed by atoms with Crippen LogP contribution < -0.4 is 10.2 Å². The first-order valence-electron chi connectivity index (χ1n) is 10.1. The molecule has 5 heteroatoms. The lowest BCUT2D eigenvalue weighted by Gasteiger charge is -2.32. The summed E-state index contributed by atoms with van der Waals surface area (Å²) in [4.78, 5) is 28.1. The van der Waals surface area contributed by atoms with Crippen LogP contribution in [0.4, 0.5) is 10.1 Å². The van der Waals surface area contributed by atoms with Crippen LogP contribution in [0.2, 0.25) is 0 Å². The van der Waals surface area contributed by atoms with Gasteiger partial charge in [-0.2, -0.15) is 0 Å². The third kappa shape index (κ3) is 4.40. The number of anilines is 1. The molecule has 0 saturated carbocycles. The van der Waals surface area contributed by atoms with Crippen molar-refractivity contribution in [2.45, 2.75) is 25.3 Å². The van der Waals surface area contributed by atoms with E-state index in [1.807, 2.05) is 54.6 Å². The maximum atomic E-state index is 13.6. The molecule has 0 saturated heterocycles. The molecule has 0 spiro atoms. The van der Waals surface area contributed by atoms with E-state index in [2.05, 4.69) is 5.32 Å². The summed E-state index contributed by atoms with van der Waals surface area (Å²) in [5, 5.41) is 2.88. The molecule has 3 aromatic carbocycles. The van der Waals surface area contributed by atoms with Gasteiger partial charge in [0.1, 0.15) is 11.9 Å². The number of hydrogen-bond acceptors (Lipinski definition) is 2. The highest BCUT2D eigenvalue weighted by Crippen LogP contribution is 2.29. The zero-order valence-corrected chi connectivity index (χ0v) is 16.6. The van der Waals surface area contributed by atoms with Crippen molar-refractivity contribution in [3.05, 3.63) is 101 Å². The number of nitrogens with zero attached hydrogens (tertiary/aromatic N) is 1. The standard InChI is InChI=1S/C25H23FN2O2/c26-21-13-6-8-18(16-21)17-23(29)27-24(20-10-2-1-3-11-20)25(30)28-15-7-12-19-9-4-5-14-22(19)28/h1-6,8-11,13-14,16,24H,7,12,15,17H2,(H,27,29). The Morgan fingerprint density at radius 3 is 2.53 bits per heavy atom. The lowest BCUT2D eigenvalue weighted by Crippen LogP contribution is -2.45. The molecule has 4 nitrogen and oxygen atoms in total. The van der Waals surface area contributed by atoms with Crippen molar-refractivity contribution in [3.63, 3.8) is 0 Å². The number of carbonyl (C=O) groups excluding carboxylic acids is 2. The van der Waals surface area contributed by atoms with Crippen molar-refractivity contribution < 1.29 is 14.0 Å². The Bertz CT molecular complexity index is 1050. The van der Waals surface area contributed by atoms with Gasteiger partial charge in [0, 0.05) is 12.2 Å². The van der Waals surface area contributed by atoms with Gasteiger partial charge in [-0.05, 0) is 47.7 Å². The fourth-order valence-electron chi connectivity index (χ4n) is 3.90. The van der Waals surface area contributed by atoms with Gasteiger partial charge >= 0.3 is 0 Å². The van der Waals surface area contributed by atoms with Gasteiger partial charge in [0.2, 0.25) is 5.91 Å². The number of halogens is 1. The molecule has 30 heavy (non-hydrogen) atoms. The highest BCUT2D eigenvalue weighted by Gasteiger charge is 2.30. The molecule has 152 valence electrons. The first kappa shape index (κ1) is 19.8. The Kier molecular flexibility index (Phi) is 5.89. The van der Waals surface area contributed by atoms with Crippen molar-refractivity contribution in [3.8, 4) is 0 Å². The van der Waals surface area contributed by atoms with Crippen LogP contribution in [-0.4, -0.2) is 18.4 Å². The highest BCUT2D eigenvalue weighted by atomic mass is 19.1. The first-order chi connectivity index (χ1) is 14.6. The molecule has 1 heterocycles. The molecular weight excluding hydrogens is 379 g/mol. The molecule has 0 fully saturated rings. The lowest BCUT2D eigenvalue weighted by molar-refractivity contribution is -0.127. The maximum absolute atomic E-state index is 13.6. The van der Waals surface area contributed by atoms with Gasteiger partial charge in [0.05, 0.1) is 6.42 Å². The van der Waals surface area contributed by atoms with Crippen LogP contribution in [0.25, 0.3) is 0 Å². The second-order valence-electron chi connectivity index (χ2n) is 7.44. The SMILES string of the molecule is O=C(Cc1cccc(F)c1)NC(C(=O)N1CCCc2ccccc21)c1ccccc1. The number of amides is 2. The van der Waals surface area contributed by atoms with Gasteiger partial charge in [-0.1, -0.05) is 60.7 Å². The van der Waals surface area contributed by atoms with E-state index >= 15 is 0 Å². The van der Waals surface area contributed by atoms with E-state index in [-0.39, 0.29) is 24.1 Å². The molecule has 1 aliphatic heterocycles. The van der Waals surface area contributed by atoms with E-state index in [0.717, 1.165) is 29.7 Å². The first-order valence-corrected chi connectivity index (χ1v) is 10.1. The number of hydrogen-bond donors (Lipinski definition) is 1. The number of carbonyl (C=O) groups is 2. The number of fused-ring (bicyclic) bond motifs is 1. The second kappa shape index (κ2) is 8.91. The molecule has 0 aliphatic carbocycles. The van der Waals surface area contributed by atoms with Crippen molar-refractivity contribution in [2.24, 2.45) is 0 Å². The number of rotatable bonds is 5. The van der Waals surface area contributed by atoms with Crippen LogP contribution >= 0.6 is 0 Å². The third-order valence-electron chi connectivity index (χ3n) is 5.32. The smallest absolute Gasteiger partial charge is 0.254 e. The largest absolute Gasteiger partial charge is 0.340 e. The van der Waals surface area contributed by atoms with Gasteiger partial charge in [0.15, 0.2) is 0 Å². The van der Waals surface area contributed by atoms with E-state index in [1.54, 1.807) is 17.0 Å². The van der Waals surface area contributed by atoms with Crippen LogP contribution in [0.5, 0.6) is 0 Å². The number of aryl methyl sites for hydroxylation is 1. The minimum atomic E-state index is -0.807. The van der Waals surface area contributed by atoms with Gasteiger partial charge in [0.25, 0.3) is 5.91 Å². The summed E-state index contributed by atoms with van der Waals surface area (Å²) in [7, 11) is 0. The van der Waals surface area contributed by atoms with Crippen molar-refractivity contribution >= 4 is 17.5 Å². The molecule has 0 aromatic heterocycles. The zero-order valence-electron chi connectivity index (χ0n) is 16.6. The number of para-hydroxylation sites is 1. The molecule has 2 amide bonds. The van der Waals surface area contributed by atoms with Crippen molar-refractivity contribution in [1.29, 1.82) is 0 Å². The number of benzene rings is 3. The average Bonchev–Trinajstić information content (AvgIpc) is 2.77. The summed E-state index contributed by atoms with van der Waals surface area (Å²) in [6, 6.07) is 22.2. The highest BCUT2D eigenvalue weighted by molar-refractivity contribution is 6.00. The quantitative estimate of drug-likeness (QED) is 0.695. The zero-order chi connectivity index (χ0) is 20.9. The van der Waals surface area contributed by atoms with Gasteiger partial charge in [-0.25, -0.2) is 4.39 Å². The van der Waals surface area contributed by atoms with E-state index < -0.39 is 6.04 Å². The summed E-state index contributed by atoms with van der Waals surface area (Å²) in [5.41, 5.74) is 3.32. The van der Waals surface area contributed by atoms with Crippen LogP contribution in [-0.2, 0) is 22.4 Å². The second-order valence-corrected chi connectivity index (χ2v) is 7.44. The van der Waals surface area contributed by atoms with Crippen LogP contribution in [0.1, 0.15) is 29.2 Å². The average molecular weight is 402 g/mol. The van der Waals surface area contributed by atoms with E-state index in [1.165, 1.54) is 12.1 Å². The van der Waals surface area contributed by atoms with Gasteiger partial charge < -0.3 is 10.2 Å². The maximum Gasteiger partial charge on any atom is 0.254 e. The summed E-state index contributed by atoms with van der Waals surface area (Å²) in [6.45, 7) is 0.610. The summed E-state index contributed by atoms with van der Waals surface area (Å²) in [6.07, 6.45) is 1.81. The molecule has 0 bridgehead atoms. The third-order valence-corrected chi connectivity index (χ3v) is 5.32. The van der Waals surface area contributed by atoms with E-state index in [4.69, 9.17) is 0 Å². The molecule has 1 atom stereocenters. The predicted molar refractivity (Wildman–Crippen MR) is 115 cm³/mol. The van der Waals surface area contributed by atoms with Crippen LogP contribution in [0, 0.1) is 5.82 Å². The fourth-order valence-corrected chi connectivity index (χ4v) is 3.90. The Labute approximate surface area is 175 Å². The lowest BCUT2D eigenvalue weighted by atomic mass is 9.99. The normalized spacial score (nSPS) is 14.0. The Hall–Kier alpha value is -3.47. The molecule has 1 unspecified atom stereocenters. The Balaban J connectivity index is 1.59. The monoisotopic (exact) mass is 402 g/mol. The van der Waals surface area contributed by atoms with Gasteiger partial charge in [-0.15, -0.1) is 0 Å². The summed E-state index contributed by atoms with van der Waals surface area (Å²) >= 11 is 0. The molecule has 0 radical (unpaired) electrons. The van der Waals surface area contributed by atoms with E-state index in [9.17, 15) is 14.0 Å². The predicted octanol–water partition coefficient (Wildman–Crippen LogP) is 4.21. The number of nitrogens with one attached hydrogen (secondary N) is 1. The Morgan fingerprint density at radius 1 is 0.967 bits per heavy atom. The summed E-state index contributed by atoms with van der Waals surface area (Å²) < 4.78 is 13.5. The molecule has 1 aliphatic rings. The van der Waals surface area contributed by atoms with Crippen LogP contribution in [0.15, 0.2) is 78.9 Å². The fraction of sp³-hybridized carbons (Fsp3) is 0.200. The van der Waals surface area contributed by atoms with Gasteiger partial charge in [-0.3, -0.25) is 9.59 Å². The molecule has 3 aromatic rings. The molecule has 4 rings (SSSR count). The summed E-state index contributed by atoms with van der Waals surface area (Å²) in [5.74, 6) is -0.880. The molecular formula is C25H23FN2O2. The molecule has 1 N–H and O–H groups in total.